The molecule has 0 radical (unpaired) electrons. The smallest absolute Gasteiger partial charge is 0.0925 e. The van der Waals surface area contributed by atoms with Gasteiger partial charge in [-0.2, -0.15) is 0 Å². The Hall–Kier alpha value is -0.870. The van der Waals surface area contributed by atoms with Gasteiger partial charge in [0.05, 0.1) is 18.1 Å². The van der Waals surface area contributed by atoms with Crippen LogP contribution in [0, 0.1) is 5.92 Å². The Labute approximate surface area is 83.5 Å². The average molecular weight is 192 g/mol. The quantitative estimate of drug-likeness (QED) is 0.596. The van der Waals surface area contributed by atoms with E-state index in [-0.39, 0.29) is 0 Å². The summed E-state index contributed by atoms with van der Waals surface area (Å²) in [6.07, 6.45) is 4.18. The number of H-pyrrole nitrogens is 1. The van der Waals surface area contributed by atoms with E-state index < -0.39 is 0 Å². The maximum atomic E-state index is 4.44. The number of nitrogens with one attached hydrogen (secondary N) is 3. The first-order chi connectivity index (χ1) is 6.95. The van der Waals surface area contributed by atoms with Crippen molar-refractivity contribution in [3.8, 4) is 0 Å². The molecule has 14 heavy (non-hydrogen) atoms. The molecular weight excluding hydrogens is 176 g/mol. The lowest BCUT2D eigenvalue weighted by Crippen LogP contribution is -2.35. The Balaban J connectivity index is 1.88. The van der Waals surface area contributed by atoms with Crippen LogP contribution in [0.5, 0.6) is 0 Å². The van der Waals surface area contributed by atoms with Crippen LogP contribution in [0.3, 0.4) is 0 Å². The van der Waals surface area contributed by atoms with E-state index in [1.54, 1.807) is 0 Å². The zero-order valence-corrected chi connectivity index (χ0v) is 8.21. The summed E-state index contributed by atoms with van der Waals surface area (Å²) < 4.78 is 0. The maximum Gasteiger partial charge on any atom is 0.0925 e. The lowest BCUT2D eigenvalue weighted by atomic mass is 9.92. The van der Waals surface area contributed by atoms with Gasteiger partial charge in [-0.1, -0.05) is 0 Å². The number of hydrogen-bond acceptors (Lipinski definition) is 3. The van der Waals surface area contributed by atoms with Gasteiger partial charge < -0.3 is 15.6 Å². The molecule has 2 aliphatic rings. The molecule has 0 aromatic carbocycles. The molecule has 3 rings (SSSR count). The number of rotatable bonds is 1. The first-order valence-electron chi connectivity index (χ1n) is 5.41. The highest BCUT2D eigenvalue weighted by atomic mass is 15.0. The second-order valence-corrected chi connectivity index (χ2v) is 4.20. The molecule has 1 aromatic heterocycles. The number of aromatic amines is 1. The van der Waals surface area contributed by atoms with Crippen molar-refractivity contribution in [2.24, 2.45) is 5.92 Å². The van der Waals surface area contributed by atoms with Crippen LogP contribution < -0.4 is 10.6 Å². The molecule has 2 atom stereocenters. The van der Waals surface area contributed by atoms with Crippen LogP contribution in [0.4, 0.5) is 0 Å². The monoisotopic (exact) mass is 192 g/mol. The molecular formula is C10H16N4. The summed E-state index contributed by atoms with van der Waals surface area (Å²) in [5.74, 6) is 0.720. The summed E-state index contributed by atoms with van der Waals surface area (Å²) in [7, 11) is 0. The third-order valence-electron chi connectivity index (χ3n) is 3.36. The number of nitrogens with zero attached hydrogens (tertiary/aromatic N) is 1. The molecule has 0 saturated carbocycles. The van der Waals surface area contributed by atoms with Gasteiger partial charge in [0, 0.05) is 18.7 Å². The van der Waals surface area contributed by atoms with E-state index in [1.807, 2.05) is 6.33 Å². The molecule has 4 nitrogen and oxygen atoms in total. The molecule has 2 unspecified atom stereocenters. The standard InChI is InChI=1S/C10H16N4/c1-3-11-5-7(1)9-10-8(2-4-12-9)13-6-14-10/h6-7,9,11-12H,1-5H2,(H,13,14). The van der Waals surface area contributed by atoms with Crippen molar-refractivity contribution in [1.82, 2.24) is 20.6 Å². The minimum atomic E-state index is 0.472. The van der Waals surface area contributed by atoms with Gasteiger partial charge in [0.25, 0.3) is 0 Å². The summed E-state index contributed by atoms with van der Waals surface area (Å²) >= 11 is 0. The molecule has 1 saturated heterocycles. The fraction of sp³-hybridized carbons (Fsp3) is 0.700. The minimum Gasteiger partial charge on any atom is -0.348 e. The van der Waals surface area contributed by atoms with Crippen molar-refractivity contribution in [2.75, 3.05) is 19.6 Å². The summed E-state index contributed by atoms with van der Waals surface area (Å²) in [5, 5.41) is 7.00. The molecule has 76 valence electrons. The van der Waals surface area contributed by atoms with Crippen LogP contribution in [-0.2, 0) is 6.42 Å². The molecule has 3 N–H and O–H groups in total. The van der Waals surface area contributed by atoms with E-state index in [9.17, 15) is 0 Å². The van der Waals surface area contributed by atoms with Crippen molar-refractivity contribution < 1.29 is 0 Å². The number of aromatic nitrogens is 2. The van der Waals surface area contributed by atoms with Crippen LogP contribution in [-0.4, -0.2) is 29.6 Å². The van der Waals surface area contributed by atoms with Gasteiger partial charge >= 0.3 is 0 Å². The summed E-state index contributed by atoms with van der Waals surface area (Å²) in [6, 6.07) is 0.472. The summed E-state index contributed by atoms with van der Waals surface area (Å²) in [5.41, 5.74) is 2.59. The molecule has 0 bridgehead atoms. The van der Waals surface area contributed by atoms with Crippen molar-refractivity contribution in [3.63, 3.8) is 0 Å². The van der Waals surface area contributed by atoms with Gasteiger partial charge in [0.15, 0.2) is 0 Å². The molecule has 1 fully saturated rings. The number of fused-ring (bicyclic) bond motifs is 1. The highest BCUT2D eigenvalue weighted by Gasteiger charge is 2.31. The number of imidazole rings is 1. The Bertz CT molecular complexity index is 314. The molecule has 0 spiro atoms. The molecule has 0 amide bonds. The zero-order valence-electron chi connectivity index (χ0n) is 8.21. The van der Waals surface area contributed by atoms with Gasteiger partial charge in [-0.05, 0) is 25.4 Å². The predicted molar refractivity (Wildman–Crippen MR) is 54.0 cm³/mol. The third-order valence-corrected chi connectivity index (χ3v) is 3.36. The Kier molecular flexibility index (Phi) is 2.03. The Morgan fingerprint density at radius 1 is 1.36 bits per heavy atom. The third kappa shape index (κ3) is 1.26. The zero-order chi connectivity index (χ0) is 9.38. The second kappa shape index (κ2) is 3.37. The van der Waals surface area contributed by atoms with Gasteiger partial charge in [-0.25, -0.2) is 4.98 Å². The van der Waals surface area contributed by atoms with Crippen molar-refractivity contribution >= 4 is 0 Å². The fourth-order valence-corrected chi connectivity index (χ4v) is 2.60. The van der Waals surface area contributed by atoms with E-state index in [0.717, 1.165) is 32.0 Å². The SMILES string of the molecule is c1nc2c([nH]1)CCNC2C1CCNC1. The highest BCUT2D eigenvalue weighted by molar-refractivity contribution is 5.20. The lowest BCUT2D eigenvalue weighted by molar-refractivity contribution is 0.363. The largest absolute Gasteiger partial charge is 0.348 e. The maximum absolute atomic E-state index is 4.44. The van der Waals surface area contributed by atoms with E-state index in [2.05, 4.69) is 20.6 Å². The first-order valence-corrected chi connectivity index (χ1v) is 5.41. The van der Waals surface area contributed by atoms with E-state index in [4.69, 9.17) is 0 Å². The molecule has 3 heterocycles. The van der Waals surface area contributed by atoms with E-state index in [0.29, 0.717) is 6.04 Å². The van der Waals surface area contributed by atoms with Gasteiger partial charge in [0.1, 0.15) is 0 Å². The minimum absolute atomic E-state index is 0.472. The lowest BCUT2D eigenvalue weighted by Gasteiger charge is -2.27. The number of hydrogen-bond donors (Lipinski definition) is 3. The fourth-order valence-electron chi connectivity index (χ4n) is 2.60. The summed E-state index contributed by atoms with van der Waals surface area (Å²) in [6.45, 7) is 3.36. The van der Waals surface area contributed by atoms with Gasteiger partial charge in [0.2, 0.25) is 0 Å². The van der Waals surface area contributed by atoms with E-state index >= 15 is 0 Å². The van der Waals surface area contributed by atoms with Crippen LogP contribution >= 0.6 is 0 Å². The topological polar surface area (TPSA) is 52.7 Å². The van der Waals surface area contributed by atoms with Crippen molar-refractivity contribution in [1.29, 1.82) is 0 Å². The second-order valence-electron chi connectivity index (χ2n) is 4.20. The summed E-state index contributed by atoms with van der Waals surface area (Å²) in [4.78, 5) is 7.68. The van der Waals surface area contributed by atoms with Crippen molar-refractivity contribution in [3.05, 3.63) is 17.7 Å². The highest BCUT2D eigenvalue weighted by Crippen LogP contribution is 2.29. The average Bonchev–Trinajstić information content (AvgIpc) is 2.88. The van der Waals surface area contributed by atoms with Crippen LogP contribution in [0.15, 0.2) is 6.33 Å². The van der Waals surface area contributed by atoms with Crippen LogP contribution in [0.25, 0.3) is 0 Å². The molecule has 2 aliphatic heterocycles. The predicted octanol–water partition coefficient (Wildman–Crippen LogP) is 0.206. The van der Waals surface area contributed by atoms with E-state index in [1.165, 1.54) is 17.8 Å². The van der Waals surface area contributed by atoms with Gasteiger partial charge in [-0.3, -0.25) is 0 Å². The Morgan fingerprint density at radius 2 is 2.36 bits per heavy atom. The Morgan fingerprint density at radius 3 is 3.21 bits per heavy atom. The first kappa shape index (κ1) is 8.44. The van der Waals surface area contributed by atoms with Gasteiger partial charge in [-0.15, -0.1) is 0 Å². The molecule has 0 aliphatic carbocycles. The van der Waals surface area contributed by atoms with Crippen molar-refractivity contribution in [2.45, 2.75) is 18.9 Å². The normalized spacial score (nSPS) is 31.7. The van der Waals surface area contributed by atoms with Crippen LogP contribution in [0.1, 0.15) is 23.9 Å². The van der Waals surface area contributed by atoms with Crippen LogP contribution in [0.2, 0.25) is 0 Å². The molecule has 1 aromatic rings. The molecule has 4 heteroatoms.